The molecule has 1 aromatic rings. The monoisotopic (exact) mass is 294 g/mol. The van der Waals surface area contributed by atoms with Crippen molar-refractivity contribution in [3.05, 3.63) is 53.6 Å². The second kappa shape index (κ2) is 5.31. The number of carbonyl (C=O) groups excluding carboxylic acids is 1. The standard InChI is InChI=1S/C19H21NO2/c21-19(22)16-11-5-10-15-13-8-4-9-14(13)17(20-18(15)16)12-6-2-1-3-7-12/h1-2,4-5,8,10-14,17,20H,3,6-7,9H2,(H,21,22)/p-1/t12-,13-,14-,17+/m0/s1. The van der Waals surface area contributed by atoms with E-state index < -0.39 is 5.97 Å². The molecular formula is C19H20NO2-. The van der Waals surface area contributed by atoms with Crippen LogP contribution in [0.15, 0.2) is 42.5 Å². The molecule has 0 aromatic heterocycles. The van der Waals surface area contributed by atoms with Gasteiger partial charge in [-0.25, -0.2) is 0 Å². The van der Waals surface area contributed by atoms with Crippen molar-refractivity contribution in [3.63, 3.8) is 0 Å². The highest BCUT2D eigenvalue weighted by Crippen LogP contribution is 2.48. The summed E-state index contributed by atoms with van der Waals surface area (Å²) < 4.78 is 0. The van der Waals surface area contributed by atoms with Crippen LogP contribution in [-0.2, 0) is 0 Å². The molecule has 4 rings (SSSR count). The summed E-state index contributed by atoms with van der Waals surface area (Å²) in [6.07, 6.45) is 13.5. The summed E-state index contributed by atoms with van der Waals surface area (Å²) >= 11 is 0. The number of carboxylic acids is 1. The van der Waals surface area contributed by atoms with E-state index in [4.69, 9.17) is 0 Å². The molecule has 3 aliphatic rings. The summed E-state index contributed by atoms with van der Waals surface area (Å²) in [4.78, 5) is 11.5. The van der Waals surface area contributed by atoms with Gasteiger partial charge in [-0.3, -0.25) is 0 Å². The van der Waals surface area contributed by atoms with Crippen molar-refractivity contribution >= 4 is 11.7 Å². The van der Waals surface area contributed by atoms with Crippen molar-refractivity contribution < 1.29 is 9.90 Å². The summed E-state index contributed by atoms with van der Waals surface area (Å²) in [5, 5.41) is 15.1. The second-order valence-corrected chi connectivity index (χ2v) is 6.63. The van der Waals surface area contributed by atoms with E-state index in [1.54, 1.807) is 6.07 Å². The van der Waals surface area contributed by atoms with Gasteiger partial charge in [-0.05, 0) is 43.1 Å². The van der Waals surface area contributed by atoms with Crippen LogP contribution in [0.25, 0.3) is 0 Å². The normalized spacial score (nSPS) is 32.2. The molecule has 0 saturated heterocycles. The van der Waals surface area contributed by atoms with Crippen molar-refractivity contribution in [3.8, 4) is 0 Å². The van der Waals surface area contributed by atoms with Crippen LogP contribution in [0.3, 0.4) is 0 Å². The van der Waals surface area contributed by atoms with E-state index in [-0.39, 0.29) is 0 Å². The van der Waals surface area contributed by atoms with E-state index in [2.05, 4.69) is 35.7 Å². The van der Waals surface area contributed by atoms with Gasteiger partial charge >= 0.3 is 0 Å². The van der Waals surface area contributed by atoms with Crippen LogP contribution in [0.1, 0.15) is 47.5 Å². The fraction of sp³-hybridized carbons (Fsp3) is 0.421. The van der Waals surface area contributed by atoms with Gasteiger partial charge in [0.25, 0.3) is 0 Å². The number of fused-ring (bicyclic) bond motifs is 3. The van der Waals surface area contributed by atoms with Gasteiger partial charge in [0.05, 0.1) is 5.97 Å². The lowest BCUT2D eigenvalue weighted by Gasteiger charge is -2.42. The number of hydrogen-bond donors (Lipinski definition) is 1. The molecule has 1 N–H and O–H groups in total. The van der Waals surface area contributed by atoms with Gasteiger partial charge in [0.1, 0.15) is 0 Å². The maximum absolute atomic E-state index is 11.5. The van der Waals surface area contributed by atoms with Crippen LogP contribution in [0.2, 0.25) is 0 Å². The predicted octanol–water partition coefficient (Wildman–Crippen LogP) is 2.86. The molecule has 3 heteroatoms. The Labute approximate surface area is 130 Å². The second-order valence-electron chi connectivity index (χ2n) is 6.63. The number of anilines is 1. The summed E-state index contributed by atoms with van der Waals surface area (Å²) in [5.41, 5.74) is 2.20. The SMILES string of the molecule is O=C([O-])c1cccc2c1N[C@H]([C@H]1CC=CCC1)[C@H]1CC=C[C@H]21. The molecule has 3 nitrogen and oxygen atoms in total. The van der Waals surface area contributed by atoms with Gasteiger partial charge in [-0.15, -0.1) is 0 Å². The first kappa shape index (κ1) is 13.6. The first-order valence-electron chi connectivity index (χ1n) is 8.18. The molecule has 4 atom stereocenters. The van der Waals surface area contributed by atoms with Crippen LogP contribution < -0.4 is 10.4 Å². The van der Waals surface area contributed by atoms with Gasteiger partial charge in [0, 0.05) is 23.2 Å². The van der Waals surface area contributed by atoms with Gasteiger partial charge < -0.3 is 15.2 Å². The van der Waals surface area contributed by atoms with Gasteiger partial charge in [0.15, 0.2) is 0 Å². The Bertz CT molecular complexity index is 661. The molecule has 0 unspecified atom stereocenters. The number of benzene rings is 1. The molecule has 22 heavy (non-hydrogen) atoms. The highest BCUT2D eigenvalue weighted by Gasteiger charge is 2.41. The number of carbonyl (C=O) groups is 1. The van der Waals surface area contributed by atoms with Crippen molar-refractivity contribution in [2.45, 2.75) is 37.6 Å². The molecule has 1 aromatic carbocycles. The Morgan fingerprint density at radius 2 is 2.09 bits per heavy atom. The first-order valence-corrected chi connectivity index (χ1v) is 8.18. The lowest BCUT2D eigenvalue weighted by molar-refractivity contribution is -0.254. The minimum absolute atomic E-state index is 0.299. The molecule has 0 radical (unpaired) electrons. The topological polar surface area (TPSA) is 52.2 Å². The molecule has 0 saturated carbocycles. The van der Waals surface area contributed by atoms with E-state index in [0.717, 1.165) is 30.5 Å². The van der Waals surface area contributed by atoms with Crippen molar-refractivity contribution in [2.24, 2.45) is 11.8 Å². The highest BCUT2D eigenvalue weighted by atomic mass is 16.4. The number of allylic oxidation sites excluding steroid dienone is 4. The summed E-state index contributed by atoms with van der Waals surface area (Å²) in [6.45, 7) is 0. The zero-order valence-corrected chi connectivity index (χ0v) is 12.5. The molecule has 114 valence electrons. The Morgan fingerprint density at radius 1 is 1.18 bits per heavy atom. The first-order chi connectivity index (χ1) is 10.8. The fourth-order valence-corrected chi connectivity index (χ4v) is 4.44. The third kappa shape index (κ3) is 2.07. The number of nitrogens with one attached hydrogen (secondary N) is 1. The number of para-hydroxylation sites is 1. The highest BCUT2D eigenvalue weighted by molar-refractivity contribution is 5.94. The average molecular weight is 294 g/mol. The van der Waals surface area contributed by atoms with Crippen molar-refractivity contribution in [1.29, 1.82) is 0 Å². The van der Waals surface area contributed by atoms with Crippen LogP contribution in [-0.4, -0.2) is 12.0 Å². The smallest absolute Gasteiger partial charge is 0.0736 e. The Morgan fingerprint density at radius 3 is 2.86 bits per heavy atom. The zero-order chi connectivity index (χ0) is 15.1. The number of hydrogen-bond acceptors (Lipinski definition) is 3. The van der Waals surface area contributed by atoms with E-state index >= 15 is 0 Å². The van der Waals surface area contributed by atoms with Crippen LogP contribution >= 0.6 is 0 Å². The third-order valence-corrected chi connectivity index (χ3v) is 5.48. The molecule has 0 fully saturated rings. The van der Waals surface area contributed by atoms with E-state index in [0.29, 0.717) is 29.4 Å². The van der Waals surface area contributed by atoms with E-state index in [1.165, 1.54) is 6.42 Å². The van der Waals surface area contributed by atoms with Gasteiger partial charge in [0.2, 0.25) is 0 Å². The number of rotatable bonds is 2. The zero-order valence-electron chi connectivity index (χ0n) is 12.5. The summed E-state index contributed by atoms with van der Waals surface area (Å²) in [7, 11) is 0. The van der Waals surface area contributed by atoms with Crippen LogP contribution in [0.5, 0.6) is 0 Å². The minimum Gasteiger partial charge on any atom is -0.545 e. The molecule has 2 aliphatic carbocycles. The van der Waals surface area contributed by atoms with Crippen molar-refractivity contribution in [1.82, 2.24) is 0 Å². The van der Waals surface area contributed by atoms with Crippen LogP contribution in [0.4, 0.5) is 5.69 Å². The molecule has 1 aliphatic heterocycles. The molecule has 0 bridgehead atoms. The maximum Gasteiger partial charge on any atom is 0.0736 e. The van der Waals surface area contributed by atoms with Gasteiger partial charge in [-0.2, -0.15) is 0 Å². The molecule has 0 amide bonds. The Kier molecular flexibility index (Phi) is 3.29. The number of carboxylic acid groups (broad SMARTS) is 1. The quantitative estimate of drug-likeness (QED) is 0.853. The average Bonchev–Trinajstić information content (AvgIpc) is 3.04. The lowest BCUT2D eigenvalue weighted by Crippen LogP contribution is -2.42. The molecule has 1 heterocycles. The summed E-state index contributed by atoms with van der Waals surface area (Å²) in [5.74, 6) is 0.375. The molecule has 0 spiro atoms. The van der Waals surface area contributed by atoms with E-state index in [1.807, 2.05) is 6.07 Å². The predicted molar refractivity (Wildman–Crippen MR) is 84.7 cm³/mol. The molecular weight excluding hydrogens is 274 g/mol. The largest absolute Gasteiger partial charge is 0.545 e. The van der Waals surface area contributed by atoms with Crippen LogP contribution in [0, 0.1) is 11.8 Å². The Hall–Kier alpha value is -2.03. The Balaban J connectivity index is 1.76. The van der Waals surface area contributed by atoms with Crippen molar-refractivity contribution in [2.75, 3.05) is 5.32 Å². The summed E-state index contributed by atoms with van der Waals surface area (Å²) in [6, 6.07) is 5.88. The van der Waals surface area contributed by atoms with E-state index in [9.17, 15) is 9.90 Å². The number of aromatic carboxylic acids is 1. The fourth-order valence-electron chi connectivity index (χ4n) is 4.44. The van der Waals surface area contributed by atoms with Gasteiger partial charge in [-0.1, -0.05) is 42.5 Å². The lowest BCUT2D eigenvalue weighted by atomic mass is 9.71. The third-order valence-electron chi connectivity index (χ3n) is 5.48. The minimum atomic E-state index is -1.09. The maximum atomic E-state index is 11.5.